The van der Waals surface area contributed by atoms with Crippen LogP contribution < -0.4 is 10.1 Å². The van der Waals surface area contributed by atoms with Crippen molar-refractivity contribution in [3.05, 3.63) is 64.8 Å². The second-order valence-corrected chi connectivity index (χ2v) is 7.53. The molecule has 2 aromatic heterocycles. The van der Waals surface area contributed by atoms with Crippen LogP contribution in [-0.4, -0.2) is 37.4 Å². The quantitative estimate of drug-likeness (QED) is 0.525. The number of aryl methyl sites for hydroxylation is 2. The fraction of sp³-hybridized carbons (Fsp3) is 0.190. The highest BCUT2D eigenvalue weighted by Gasteiger charge is 2.19. The molecule has 0 saturated carbocycles. The van der Waals surface area contributed by atoms with Gasteiger partial charge in [0.1, 0.15) is 5.75 Å². The number of nitrogens with zero attached hydrogens (tertiary/aromatic N) is 5. The highest BCUT2D eigenvalue weighted by Crippen LogP contribution is 2.25. The van der Waals surface area contributed by atoms with Crippen LogP contribution in [0.2, 0.25) is 0 Å². The first kappa shape index (κ1) is 19.7. The number of hydrogen-bond donors (Lipinski definition) is 1. The van der Waals surface area contributed by atoms with Gasteiger partial charge in [-0.2, -0.15) is 9.36 Å². The van der Waals surface area contributed by atoms with Crippen LogP contribution >= 0.6 is 11.5 Å². The van der Waals surface area contributed by atoms with Crippen molar-refractivity contribution >= 4 is 22.6 Å². The maximum absolute atomic E-state index is 12.6. The SMILES string of the molecule is COc1ccccc1C(=O)Nc1nc(-c2nnn(-c3ccc(C)c(C)c3)c2C)ns1. The summed E-state index contributed by atoms with van der Waals surface area (Å²) in [4.78, 5) is 17.0. The van der Waals surface area contributed by atoms with Gasteiger partial charge in [0.05, 0.1) is 24.1 Å². The molecule has 0 radical (unpaired) electrons. The van der Waals surface area contributed by atoms with Crippen LogP contribution in [0.3, 0.4) is 0 Å². The van der Waals surface area contributed by atoms with Gasteiger partial charge in [-0.15, -0.1) is 5.10 Å². The summed E-state index contributed by atoms with van der Waals surface area (Å²) in [6, 6.07) is 13.1. The molecule has 0 spiro atoms. The molecule has 2 heterocycles. The number of anilines is 1. The minimum absolute atomic E-state index is 0.314. The number of methoxy groups -OCH3 is 1. The van der Waals surface area contributed by atoms with Crippen molar-refractivity contribution in [3.63, 3.8) is 0 Å². The van der Waals surface area contributed by atoms with Crippen molar-refractivity contribution in [1.82, 2.24) is 24.4 Å². The lowest BCUT2D eigenvalue weighted by Crippen LogP contribution is -2.12. The molecule has 9 heteroatoms. The molecule has 8 nitrogen and oxygen atoms in total. The van der Waals surface area contributed by atoms with E-state index in [1.54, 1.807) is 28.9 Å². The molecule has 30 heavy (non-hydrogen) atoms. The van der Waals surface area contributed by atoms with E-state index < -0.39 is 0 Å². The number of benzene rings is 2. The number of amides is 1. The highest BCUT2D eigenvalue weighted by atomic mass is 32.1. The lowest BCUT2D eigenvalue weighted by atomic mass is 10.1. The van der Waals surface area contributed by atoms with Crippen molar-refractivity contribution in [2.45, 2.75) is 20.8 Å². The third-order valence-electron chi connectivity index (χ3n) is 4.84. The van der Waals surface area contributed by atoms with E-state index in [1.807, 2.05) is 13.0 Å². The number of ether oxygens (including phenoxy) is 1. The fourth-order valence-electron chi connectivity index (χ4n) is 3.01. The summed E-state index contributed by atoms with van der Waals surface area (Å²) in [5, 5.41) is 11.7. The zero-order valence-corrected chi connectivity index (χ0v) is 17.8. The first-order valence-electron chi connectivity index (χ1n) is 9.26. The van der Waals surface area contributed by atoms with Crippen molar-refractivity contribution in [3.8, 4) is 23.0 Å². The van der Waals surface area contributed by atoms with Crippen LogP contribution in [0, 0.1) is 20.8 Å². The Kier molecular flexibility index (Phi) is 5.28. The van der Waals surface area contributed by atoms with Crippen molar-refractivity contribution in [2.24, 2.45) is 0 Å². The van der Waals surface area contributed by atoms with Gasteiger partial charge in [-0.1, -0.05) is 23.4 Å². The number of carbonyl (C=O) groups is 1. The summed E-state index contributed by atoms with van der Waals surface area (Å²) in [5.74, 6) is 0.598. The molecule has 1 N–H and O–H groups in total. The summed E-state index contributed by atoms with van der Waals surface area (Å²) in [6.45, 7) is 6.04. The summed E-state index contributed by atoms with van der Waals surface area (Å²) < 4.78 is 11.3. The molecular weight excluding hydrogens is 400 g/mol. The second kappa shape index (κ2) is 8.03. The highest BCUT2D eigenvalue weighted by molar-refractivity contribution is 7.10. The molecule has 4 rings (SSSR count). The largest absolute Gasteiger partial charge is 0.496 e. The Morgan fingerprint density at radius 3 is 2.67 bits per heavy atom. The zero-order valence-electron chi connectivity index (χ0n) is 17.0. The molecule has 1 amide bonds. The van der Waals surface area contributed by atoms with E-state index >= 15 is 0 Å². The van der Waals surface area contributed by atoms with Crippen LogP contribution in [0.5, 0.6) is 5.75 Å². The topological polar surface area (TPSA) is 94.8 Å². The Morgan fingerprint density at radius 1 is 1.10 bits per heavy atom. The van der Waals surface area contributed by atoms with Crippen LogP contribution in [0.4, 0.5) is 5.13 Å². The predicted octanol–water partition coefficient (Wildman–Crippen LogP) is 3.97. The Bertz CT molecular complexity index is 1230. The van der Waals surface area contributed by atoms with E-state index in [4.69, 9.17) is 4.74 Å². The van der Waals surface area contributed by atoms with Crippen molar-refractivity contribution in [2.75, 3.05) is 12.4 Å². The minimum Gasteiger partial charge on any atom is -0.496 e. The maximum Gasteiger partial charge on any atom is 0.261 e. The predicted molar refractivity (Wildman–Crippen MR) is 115 cm³/mol. The maximum atomic E-state index is 12.6. The van der Waals surface area contributed by atoms with Crippen LogP contribution in [-0.2, 0) is 0 Å². The molecule has 0 aliphatic carbocycles. The zero-order chi connectivity index (χ0) is 21.3. The summed E-state index contributed by atoms with van der Waals surface area (Å²) >= 11 is 1.09. The third-order valence-corrected chi connectivity index (χ3v) is 5.47. The molecule has 0 aliphatic rings. The van der Waals surface area contributed by atoms with Gasteiger partial charge >= 0.3 is 0 Å². The van der Waals surface area contributed by atoms with Gasteiger partial charge in [0.15, 0.2) is 11.5 Å². The first-order valence-corrected chi connectivity index (χ1v) is 10.0. The molecule has 0 atom stereocenters. The standard InChI is InChI=1S/C21H20N6O2S/c1-12-9-10-15(11-13(12)2)27-14(3)18(24-26-27)19-22-21(30-25-19)23-20(28)16-7-5-6-8-17(16)29-4/h5-11H,1-4H3,(H,22,23,25,28). The van der Waals surface area contributed by atoms with Gasteiger partial charge in [0, 0.05) is 11.5 Å². The average Bonchev–Trinajstić information content (AvgIpc) is 3.36. The summed E-state index contributed by atoms with van der Waals surface area (Å²) in [7, 11) is 1.52. The minimum atomic E-state index is -0.314. The fourth-order valence-corrected chi connectivity index (χ4v) is 3.57. The molecular formula is C21H20N6O2S. The van der Waals surface area contributed by atoms with Gasteiger partial charge in [0.2, 0.25) is 5.13 Å². The Labute approximate surface area is 177 Å². The average molecular weight is 420 g/mol. The molecule has 152 valence electrons. The number of aromatic nitrogens is 5. The van der Waals surface area contributed by atoms with E-state index in [1.165, 1.54) is 18.2 Å². The Morgan fingerprint density at radius 2 is 1.90 bits per heavy atom. The van der Waals surface area contributed by atoms with Gasteiger partial charge in [-0.05, 0) is 56.2 Å². The molecule has 0 aliphatic heterocycles. The van der Waals surface area contributed by atoms with E-state index in [9.17, 15) is 4.79 Å². The molecule has 2 aromatic carbocycles. The summed E-state index contributed by atoms with van der Waals surface area (Å²) in [6.07, 6.45) is 0. The van der Waals surface area contributed by atoms with Crippen LogP contribution in [0.25, 0.3) is 17.2 Å². The van der Waals surface area contributed by atoms with Gasteiger partial charge in [-0.25, -0.2) is 4.68 Å². The lowest BCUT2D eigenvalue weighted by Gasteiger charge is -2.06. The monoisotopic (exact) mass is 420 g/mol. The van der Waals surface area contributed by atoms with Gasteiger partial charge in [-0.3, -0.25) is 10.1 Å². The molecule has 0 saturated heterocycles. The van der Waals surface area contributed by atoms with Gasteiger partial charge in [0.25, 0.3) is 5.91 Å². The summed E-state index contributed by atoms with van der Waals surface area (Å²) in [5.41, 5.74) is 5.13. The second-order valence-electron chi connectivity index (χ2n) is 6.78. The van der Waals surface area contributed by atoms with E-state index in [-0.39, 0.29) is 5.91 Å². The normalized spacial score (nSPS) is 10.8. The number of hydrogen-bond acceptors (Lipinski definition) is 7. The van der Waals surface area contributed by atoms with Crippen LogP contribution in [0.1, 0.15) is 27.2 Å². The van der Waals surface area contributed by atoms with Crippen molar-refractivity contribution in [1.29, 1.82) is 0 Å². The molecule has 0 unspecified atom stereocenters. The Hall–Kier alpha value is -3.59. The van der Waals surface area contributed by atoms with E-state index in [0.29, 0.717) is 28.0 Å². The third kappa shape index (κ3) is 3.67. The Balaban J connectivity index is 1.58. The molecule has 0 fully saturated rings. The number of rotatable bonds is 5. The van der Waals surface area contributed by atoms with Crippen molar-refractivity contribution < 1.29 is 9.53 Å². The number of para-hydroxylation sites is 1. The number of carbonyl (C=O) groups excluding carboxylic acids is 1. The van der Waals surface area contributed by atoms with Gasteiger partial charge < -0.3 is 4.74 Å². The van der Waals surface area contributed by atoms with E-state index in [2.05, 4.69) is 51.0 Å². The first-order chi connectivity index (χ1) is 14.5. The molecule has 4 aromatic rings. The lowest BCUT2D eigenvalue weighted by molar-refractivity contribution is 0.102. The molecule has 0 bridgehead atoms. The van der Waals surface area contributed by atoms with E-state index in [0.717, 1.165) is 22.9 Å². The smallest absolute Gasteiger partial charge is 0.261 e. The van der Waals surface area contributed by atoms with Crippen LogP contribution in [0.15, 0.2) is 42.5 Å². The number of nitrogens with one attached hydrogen (secondary N) is 1.